The van der Waals surface area contributed by atoms with Crippen LogP contribution in [0.2, 0.25) is 0 Å². The van der Waals surface area contributed by atoms with Crippen molar-refractivity contribution in [3.8, 4) is 0 Å². The summed E-state index contributed by atoms with van der Waals surface area (Å²) in [6.07, 6.45) is 9.79. The van der Waals surface area contributed by atoms with Crippen LogP contribution in [0.25, 0.3) is 0 Å². The highest BCUT2D eigenvalue weighted by molar-refractivity contribution is 4.88. The first-order valence-electron chi connectivity index (χ1n) is 7.35. The van der Waals surface area contributed by atoms with Gasteiger partial charge in [0.15, 0.2) is 0 Å². The molecule has 1 rings (SSSR count). The molecule has 1 aliphatic rings. The summed E-state index contributed by atoms with van der Waals surface area (Å²) in [4.78, 5) is 0. The van der Waals surface area contributed by atoms with Gasteiger partial charge in [0.2, 0.25) is 0 Å². The van der Waals surface area contributed by atoms with E-state index in [1.807, 2.05) is 0 Å². The predicted molar refractivity (Wildman–Crippen MR) is 72.7 cm³/mol. The fourth-order valence-corrected chi connectivity index (χ4v) is 3.38. The van der Waals surface area contributed by atoms with Crippen LogP contribution in [0.4, 0.5) is 0 Å². The van der Waals surface area contributed by atoms with Crippen molar-refractivity contribution in [2.24, 2.45) is 11.3 Å². The molecule has 0 atom stereocenters. The first-order chi connectivity index (χ1) is 7.62. The van der Waals surface area contributed by atoms with Gasteiger partial charge in [0.1, 0.15) is 0 Å². The standard InChI is InChI=1S/C15H31N/c1-5-14(6-2)16-12-15(11-13(3)4)9-7-8-10-15/h13-14,16H,5-12H2,1-4H3. The van der Waals surface area contributed by atoms with Gasteiger partial charge in [-0.25, -0.2) is 0 Å². The zero-order valence-corrected chi connectivity index (χ0v) is 11.8. The van der Waals surface area contributed by atoms with Crippen LogP contribution < -0.4 is 5.32 Å². The fourth-order valence-electron chi connectivity index (χ4n) is 3.38. The van der Waals surface area contributed by atoms with Gasteiger partial charge in [-0.2, -0.15) is 0 Å². The molecule has 0 saturated heterocycles. The molecule has 1 heteroatoms. The maximum absolute atomic E-state index is 3.81. The van der Waals surface area contributed by atoms with Gasteiger partial charge in [-0.1, -0.05) is 40.5 Å². The minimum atomic E-state index is 0.636. The summed E-state index contributed by atoms with van der Waals surface area (Å²) in [5, 5.41) is 3.81. The van der Waals surface area contributed by atoms with E-state index in [1.165, 1.54) is 51.5 Å². The minimum Gasteiger partial charge on any atom is -0.313 e. The first-order valence-corrected chi connectivity index (χ1v) is 7.35. The first kappa shape index (κ1) is 14.0. The van der Waals surface area contributed by atoms with E-state index in [4.69, 9.17) is 0 Å². The predicted octanol–water partition coefficient (Wildman–Crippen LogP) is 4.37. The van der Waals surface area contributed by atoms with Gasteiger partial charge >= 0.3 is 0 Å². The van der Waals surface area contributed by atoms with Crippen LogP contribution in [0, 0.1) is 11.3 Å². The second-order valence-corrected chi connectivity index (χ2v) is 6.20. The lowest BCUT2D eigenvalue weighted by molar-refractivity contribution is 0.213. The van der Waals surface area contributed by atoms with Gasteiger partial charge in [-0.3, -0.25) is 0 Å². The fraction of sp³-hybridized carbons (Fsp3) is 1.00. The lowest BCUT2D eigenvalue weighted by Gasteiger charge is -2.33. The maximum Gasteiger partial charge on any atom is 0.00620 e. The van der Waals surface area contributed by atoms with Gasteiger partial charge in [-0.15, -0.1) is 0 Å². The van der Waals surface area contributed by atoms with E-state index in [0.717, 1.165) is 12.0 Å². The molecule has 1 nitrogen and oxygen atoms in total. The normalized spacial score (nSPS) is 19.9. The Morgan fingerprint density at radius 2 is 1.62 bits per heavy atom. The monoisotopic (exact) mass is 225 g/mol. The molecule has 96 valence electrons. The van der Waals surface area contributed by atoms with Crippen molar-refractivity contribution in [1.29, 1.82) is 0 Å². The van der Waals surface area contributed by atoms with Crippen LogP contribution in [0.5, 0.6) is 0 Å². The van der Waals surface area contributed by atoms with Crippen LogP contribution in [0.1, 0.15) is 72.6 Å². The number of rotatable bonds is 7. The third kappa shape index (κ3) is 4.08. The Morgan fingerprint density at radius 1 is 1.06 bits per heavy atom. The molecule has 0 aromatic carbocycles. The van der Waals surface area contributed by atoms with Gasteiger partial charge < -0.3 is 5.32 Å². The molecule has 0 radical (unpaired) electrons. The molecule has 1 saturated carbocycles. The van der Waals surface area contributed by atoms with Gasteiger partial charge in [0, 0.05) is 12.6 Å². The van der Waals surface area contributed by atoms with E-state index in [-0.39, 0.29) is 0 Å². The minimum absolute atomic E-state index is 0.636. The van der Waals surface area contributed by atoms with Crippen molar-refractivity contribution in [2.45, 2.75) is 78.7 Å². The molecule has 1 aliphatic carbocycles. The van der Waals surface area contributed by atoms with Crippen LogP contribution in [0.3, 0.4) is 0 Å². The molecule has 0 amide bonds. The lowest BCUT2D eigenvalue weighted by Crippen LogP contribution is -2.38. The van der Waals surface area contributed by atoms with Crippen molar-refractivity contribution in [1.82, 2.24) is 5.32 Å². The molecule has 0 aliphatic heterocycles. The lowest BCUT2D eigenvalue weighted by atomic mass is 9.78. The summed E-state index contributed by atoms with van der Waals surface area (Å²) < 4.78 is 0. The molecular formula is C15H31N. The average Bonchev–Trinajstić information content (AvgIpc) is 2.67. The summed E-state index contributed by atoms with van der Waals surface area (Å²) in [6.45, 7) is 10.6. The van der Waals surface area contributed by atoms with Crippen LogP contribution >= 0.6 is 0 Å². The van der Waals surface area contributed by atoms with Crippen LogP contribution in [-0.2, 0) is 0 Å². The molecular weight excluding hydrogens is 194 g/mol. The van der Waals surface area contributed by atoms with Crippen LogP contribution in [-0.4, -0.2) is 12.6 Å². The summed E-state index contributed by atoms with van der Waals surface area (Å²) in [6, 6.07) is 0.740. The SMILES string of the molecule is CCC(CC)NCC1(CC(C)C)CCCC1. The van der Waals surface area contributed by atoms with Gasteiger partial charge in [0.25, 0.3) is 0 Å². The second-order valence-electron chi connectivity index (χ2n) is 6.20. The van der Waals surface area contributed by atoms with Gasteiger partial charge in [0.05, 0.1) is 0 Å². The average molecular weight is 225 g/mol. The number of hydrogen-bond donors (Lipinski definition) is 1. The molecule has 0 aromatic heterocycles. The smallest absolute Gasteiger partial charge is 0.00620 e. The largest absolute Gasteiger partial charge is 0.313 e. The highest BCUT2D eigenvalue weighted by Crippen LogP contribution is 2.42. The highest BCUT2D eigenvalue weighted by Gasteiger charge is 2.34. The quantitative estimate of drug-likeness (QED) is 0.678. The third-order valence-corrected chi connectivity index (χ3v) is 4.26. The van der Waals surface area contributed by atoms with E-state index in [9.17, 15) is 0 Å². The van der Waals surface area contributed by atoms with Crippen molar-refractivity contribution < 1.29 is 0 Å². The maximum atomic E-state index is 3.81. The molecule has 0 spiro atoms. The number of hydrogen-bond acceptors (Lipinski definition) is 1. The van der Waals surface area contributed by atoms with E-state index in [2.05, 4.69) is 33.0 Å². The van der Waals surface area contributed by atoms with E-state index < -0.39 is 0 Å². The van der Waals surface area contributed by atoms with Crippen molar-refractivity contribution in [3.63, 3.8) is 0 Å². The molecule has 16 heavy (non-hydrogen) atoms. The van der Waals surface area contributed by atoms with Crippen molar-refractivity contribution in [3.05, 3.63) is 0 Å². The van der Waals surface area contributed by atoms with E-state index in [1.54, 1.807) is 0 Å². The number of nitrogens with one attached hydrogen (secondary N) is 1. The Balaban J connectivity index is 2.44. The molecule has 0 unspecified atom stereocenters. The molecule has 0 bridgehead atoms. The summed E-state index contributed by atoms with van der Waals surface area (Å²) >= 11 is 0. The molecule has 1 fully saturated rings. The topological polar surface area (TPSA) is 12.0 Å². The molecule has 0 aromatic rings. The van der Waals surface area contributed by atoms with E-state index in [0.29, 0.717) is 5.41 Å². The molecule has 0 heterocycles. The summed E-state index contributed by atoms with van der Waals surface area (Å²) in [5.74, 6) is 0.849. The Labute approximate surface area is 102 Å². The van der Waals surface area contributed by atoms with Crippen molar-refractivity contribution >= 4 is 0 Å². The Morgan fingerprint density at radius 3 is 2.06 bits per heavy atom. The third-order valence-electron chi connectivity index (χ3n) is 4.26. The summed E-state index contributed by atoms with van der Waals surface area (Å²) in [5.41, 5.74) is 0.636. The van der Waals surface area contributed by atoms with Gasteiger partial charge in [-0.05, 0) is 43.4 Å². The van der Waals surface area contributed by atoms with Crippen molar-refractivity contribution in [2.75, 3.05) is 6.54 Å². The highest BCUT2D eigenvalue weighted by atomic mass is 14.9. The Kier molecular flexibility index (Phi) is 5.82. The summed E-state index contributed by atoms with van der Waals surface area (Å²) in [7, 11) is 0. The molecule has 1 N–H and O–H groups in total. The Bertz CT molecular complexity index is 176. The zero-order chi connectivity index (χ0) is 12.0. The van der Waals surface area contributed by atoms with E-state index >= 15 is 0 Å². The van der Waals surface area contributed by atoms with Crippen LogP contribution in [0.15, 0.2) is 0 Å². The second kappa shape index (κ2) is 6.64. The Hall–Kier alpha value is -0.0400. The zero-order valence-electron chi connectivity index (χ0n) is 11.8.